The molecule has 7 nitrogen and oxygen atoms in total. The number of sulfonamides is 1. The first-order valence-electron chi connectivity index (χ1n) is 10.9. The van der Waals surface area contributed by atoms with Crippen LogP contribution >= 0.6 is 0 Å². The van der Waals surface area contributed by atoms with Crippen molar-refractivity contribution < 1.29 is 22.7 Å². The molecule has 2 aromatic rings. The number of aryl methyl sites for hydroxylation is 2. The van der Waals surface area contributed by atoms with Crippen molar-refractivity contribution in [3.05, 3.63) is 46.9 Å². The molecule has 31 heavy (non-hydrogen) atoms. The van der Waals surface area contributed by atoms with Crippen molar-refractivity contribution in [2.45, 2.75) is 76.8 Å². The highest BCUT2D eigenvalue weighted by Crippen LogP contribution is 2.30. The van der Waals surface area contributed by atoms with E-state index in [1.807, 2.05) is 12.1 Å². The Kier molecular flexibility index (Phi) is 7.43. The van der Waals surface area contributed by atoms with Crippen molar-refractivity contribution in [1.29, 1.82) is 0 Å². The van der Waals surface area contributed by atoms with Crippen LogP contribution in [0.3, 0.4) is 0 Å². The maximum absolute atomic E-state index is 13.1. The summed E-state index contributed by atoms with van der Waals surface area (Å²) >= 11 is 0. The lowest BCUT2D eigenvalue weighted by Crippen LogP contribution is -2.29. The predicted octanol–water partition coefficient (Wildman–Crippen LogP) is 4.84. The second kappa shape index (κ2) is 9.87. The zero-order valence-corrected chi connectivity index (χ0v) is 19.2. The van der Waals surface area contributed by atoms with Crippen molar-refractivity contribution in [1.82, 2.24) is 5.32 Å². The smallest absolute Gasteiger partial charge is 0.340 e. The average Bonchev–Trinajstić information content (AvgIpc) is 3.03. The molecule has 0 aliphatic heterocycles. The predicted molar refractivity (Wildman–Crippen MR) is 120 cm³/mol. The third kappa shape index (κ3) is 5.68. The molecule has 1 heterocycles. The number of benzene rings is 1. The first-order chi connectivity index (χ1) is 14.7. The van der Waals surface area contributed by atoms with Crippen LogP contribution < -0.4 is 10.0 Å². The molecule has 1 atom stereocenters. The second-order valence-corrected chi connectivity index (χ2v) is 10.1. The molecule has 1 aliphatic carbocycles. The number of rotatable bonds is 9. The minimum Gasteiger partial charge on any atom is -0.478 e. The fourth-order valence-electron chi connectivity index (χ4n) is 4.49. The Labute approximate surface area is 184 Å². The summed E-state index contributed by atoms with van der Waals surface area (Å²) in [7, 11) is -4.13. The van der Waals surface area contributed by atoms with Gasteiger partial charge in [0.1, 0.15) is 22.0 Å². The molecule has 0 radical (unpaired) electrons. The summed E-state index contributed by atoms with van der Waals surface area (Å²) in [6, 6.07) is 7.48. The van der Waals surface area contributed by atoms with E-state index < -0.39 is 16.0 Å². The SMILES string of the molecule is Cc1oc(C)c(S(=O)(=O)Nc2ccccc2CN[C@@H](C)CC2CCCCC2)c1C(=O)O. The van der Waals surface area contributed by atoms with Gasteiger partial charge in [-0.2, -0.15) is 0 Å². The van der Waals surface area contributed by atoms with Crippen LogP contribution in [0.1, 0.15) is 72.9 Å². The number of carboxylic acid groups (broad SMARTS) is 1. The molecule has 1 aromatic heterocycles. The minimum absolute atomic E-state index is 0.0547. The van der Waals surface area contributed by atoms with Crippen LogP contribution in [0.5, 0.6) is 0 Å². The highest BCUT2D eigenvalue weighted by atomic mass is 32.2. The molecule has 8 heteroatoms. The third-order valence-corrected chi connectivity index (χ3v) is 7.52. The molecule has 0 bridgehead atoms. The van der Waals surface area contributed by atoms with E-state index >= 15 is 0 Å². The molecule has 1 fully saturated rings. The Morgan fingerprint density at radius 1 is 1.16 bits per heavy atom. The summed E-state index contributed by atoms with van der Waals surface area (Å²) in [5, 5.41) is 13.0. The van der Waals surface area contributed by atoms with Gasteiger partial charge in [-0.25, -0.2) is 13.2 Å². The van der Waals surface area contributed by atoms with Gasteiger partial charge in [0.05, 0.1) is 5.69 Å². The lowest BCUT2D eigenvalue weighted by Gasteiger charge is -2.25. The lowest BCUT2D eigenvalue weighted by atomic mass is 9.85. The van der Waals surface area contributed by atoms with Crippen LogP contribution in [0.25, 0.3) is 0 Å². The van der Waals surface area contributed by atoms with E-state index in [4.69, 9.17) is 4.42 Å². The van der Waals surface area contributed by atoms with E-state index in [-0.39, 0.29) is 22.0 Å². The average molecular weight is 449 g/mol. The van der Waals surface area contributed by atoms with E-state index in [9.17, 15) is 18.3 Å². The molecule has 0 spiro atoms. The van der Waals surface area contributed by atoms with Crippen LogP contribution in [-0.4, -0.2) is 25.5 Å². The normalized spacial score (nSPS) is 16.2. The largest absolute Gasteiger partial charge is 0.478 e. The summed E-state index contributed by atoms with van der Waals surface area (Å²) < 4.78 is 34.0. The molecule has 1 aromatic carbocycles. The molecule has 170 valence electrons. The quantitative estimate of drug-likeness (QED) is 0.506. The molecule has 0 amide bonds. The second-order valence-electron chi connectivity index (χ2n) is 8.51. The Morgan fingerprint density at radius 2 is 1.84 bits per heavy atom. The lowest BCUT2D eigenvalue weighted by molar-refractivity contribution is 0.0691. The number of nitrogens with one attached hydrogen (secondary N) is 2. The topological polar surface area (TPSA) is 109 Å². The minimum atomic E-state index is -4.13. The molecule has 0 unspecified atom stereocenters. The van der Waals surface area contributed by atoms with Crippen LogP contribution in [0, 0.1) is 19.8 Å². The zero-order valence-electron chi connectivity index (χ0n) is 18.4. The van der Waals surface area contributed by atoms with Gasteiger partial charge in [-0.1, -0.05) is 50.3 Å². The van der Waals surface area contributed by atoms with Crippen LogP contribution in [0.2, 0.25) is 0 Å². The molecular weight excluding hydrogens is 416 g/mol. The molecule has 3 N–H and O–H groups in total. The van der Waals surface area contributed by atoms with Gasteiger partial charge in [0.25, 0.3) is 10.0 Å². The van der Waals surface area contributed by atoms with Crippen molar-refractivity contribution in [3.8, 4) is 0 Å². The van der Waals surface area contributed by atoms with E-state index in [1.165, 1.54) is 46.0 Å². The van der Waals surface area contributed by atoms with Gasteiger partial charge in [-0.15, -0.1) is 0 Å². The highest BCUT2D eigenvalue weighted by molar-refractivity contribution is 7.92. The fraction of sp³-hybridized carbons (Fsp3) is 0.522. The first-order valence-corrected chi connectivity index (χ1v) is 12.3. The molecule has 0 saturated heterocycles. The molecule has 1 aliphatic rings. The summed E-state index contributed by atoms with van der Waals surface area (Å²) in [5.74, 6) is -0.455. The number of hydrogen-bond acceptors (Lipinski definition) is 5. The van der Waals surface area contributed by atoms with Gasteiger partial charge in [0.2, 0.25) is 0 Å². The molecule has 3 rings (SSSR count). The zero-order chi connectivity index (χ0) is 22.6. The van der Waals surface area contributed by atoms with Gasteiger partial charge in [-0.05, 0) is 44.7 Å². The maximum atomic E-state index is 13.1. The number of furan rings is 1. The maximum Gasteiger partial charge on any atom is 0.340 e. The Balaban J connectivity index is 1.74. The summed E-state index contributed by atoms with van der Waals surface area (Å²) in [6.45, 7) is 5.58. The monoisotopic (exact) mass is 448 g/mol. The Hall–Kier alpha value is -2.32. The van der Waals surface area contributed by atoms with E-state index in [0.29, 0.717) is 18.3 Å². The number of para-hydroxylation sites is 1. The van der Waals surface area contributed by atoms with Gasteiger partial charge < -0.3 is 14.8 Å². The van der Waals surface area contributed by atoms with E-state index in [0.717, 1.165) is 17.9 Å². The van der Waals surface area contributed by atoms with Crippen LogP contribution in [0.4, 0.5) is 5.69 Å². The van der Waals surface area contributed by atoms with Crippen LogP contribution in [0.15, 0.2) is 33.6 Å². The van der Waals surface area contributed by atoms with Gasteiger partial charge >= 0.3 is 5.97 Å². The summed E-state index contributed by atoms with van der Waals surface area (Å²) in [4.78, 5) is 11.3. The third-order valence-electron chi connectivity index (χ3n) is 6.00. The van der Waals surface area contributed by atoms with Crippen molar-refractivity contribution >= 4 is 21.7 Å². The number of carbonyl (C=O) groups is 1. The number of hydrogen-bond donors (Lipinski definition) is 3. The number of carboxylic acids is 1. The number of aromatic carboxylic acids is 1. The fourth-order valence-corrected chi connectivity index (χ4v) is 6.00. The van der Waals surface area contributed by atoms with Crippen LogP contribution in [-0.2, 0) is 16.6 Å². The van der Waals surface area contributed by atoms with Gasteiger partial charge in [0, 0.05) is 12.6 Å². The Morgan fingerprint density at radius 3 is 2.52 bits per heavy atom. The standard InChI is InChI=1S/C23H32N2O5S/c1-15(13-18-9-5-4-6-10-18)24-14-19-11-7-8-12-20(19)25-31(28,29)22-17(3)30-16(2)21(22)23(26)27/h7-8,11-12,15,18,24-25H,4-6,9-10,13-14H2,1-3H3,(H,26,27)/t15-/m0/s1. The van der Waals surface area contributed by atoms with Gasteiger partial charge in [0.15, 0.2) is 0 Å². The Bertz CT molecular complexity index is 1020. The summed E-state index contributed by atoms with van der Waals surface area (Å²) in [5.41, 5.74) is 0.896. The molecular formula is C23H32N2O5S. The van der Waals surface area contributed by atoms with Gasteiger partial charge in [-0.3, -0.25) is 4.72 Å². The van der Waals surface area contributed by atoms with Crippen molar-refractivity contribution in [3.63, 3.8) is 0 Å². The highest BCUT2D eigenvalue weighted by Gasteiger charge is 2.31. The van der Waals surface area contributed by atoms with E-state index in [1.54, 1.807) is 12.1 Å². The number of anilines is 1. The van der Waals surface area contributed by atoms with Crippen molar-refractivity contribution in [2.24, 2.45) is 5.92 Å². The summed E-state index contributed by atoms with van der Waals surface area (Å²) in [6.07, 6.45) is 7.66. The van der Waals surface area contributed by atoms with Crippen molar-refractivity contribution in [2.75, 3.05) is 4.72 Å². The first kappa shape index (κ1) is 23.3. The molecule has 1 saturated carbocycles. The van der Waals surface area contributed by atoms with E-state index in [2.05, 4.69) is 17.0 Å².